The standard InChI is InChI=1S/C42H44N2O10S2/c1-25(6-5-9-26-7-3-2-4-8-26)32-20-44-23-42(50)39(52-24-56-55-22-34(32)28-16-17-43-19-28)37(47)38(40(48)49)54-41(42)53-30-14-15-31-35(18-30)51-21-33(36(31)46)27-10-12-29(45)13-11-27/h2-5,7-19,21,25,32,34,37-39,41,43-45,47,50H,6,20,22-24H2,1H3,(H,48,49). The molecule has 2 aromatic heterocycles. The largest absolute Gasteiger partial charge is 0.508 e. The third-order valence-electron chi connectivity index (χ3n) is 10.5. The van der Waals surface area contributed by atoms with Gasteiger partial charge in [-0.25, -0.2) is 4.79 Å². The second kappa shape index (κ2) is 17.7. The molecule has 0 bridgehead atoms. The van der Waals surface area contributed by atoms with Crippen molar-refractivity contribution in [1.82, 2.24) is 10.3 Å². The lowest BCUT2D eigenvalue weighted by Crippen LogP contribution is -2.72. The number of aliphatic hydroxyl groups excluding tert-OH is 1. The fraction of sp³-hybridized carbons (Fsp3) is 0.333. The Balaban J connectivity index is 1.17. The highest BCUT2D eigenvalue weighted by Gasteiger charge is 2.59. The lowest BCUT2D eigenvalue weighted by Gasteiger charge is -2.48. The molecule has 8 atom stereocenters. The molecule has 294 valence electrons. The summed E-state index contributed by atoms with van der Waals surface area (Å²) in [4.78, 5) is 29.0. The van der Waals surface area contributed by atoms with Crippen LogP contribution < -0.4 is 15.5 Å². The van der Waals surface area contributed by atoms with Crippen LogP contribution in [0.2, 0.25) is 0 Å². The van der Waals surface area contributed by atoms with E-state index < -0.39 is 36.2 Å². The van der Waals surface area contributed by atoms with Gasteiger partial charge >= 0.3 is 5.97 Å². The first-order valence-electron chi connectivity index (χ1n) is 18.3. The normalized spacial score (nSPS) is 26.8. The number of carboxylic acids is 1. The van der Waals surface area contributed by atoms with Crippen molar-refractivity contribution in [3.63, 3.8) is 0 Å². The molecule has 2 aliphatic heterocycles. The number of aromatic amines is 1. The highest BCUT2D eigenvalue weighted by atomic mass is 33.1. The molecule has 14 heteroatoms. The molecule has 0 radical (unpaired) electrons. The van der Waals surface area contributed by atoms with E-state index in [2.05, 4.69) is 47.6 Å². The Hall–Kier alpha value is -4.54. The summed E-state index contributed by atoms with van der Waals surface area (Å²) in [7, 11) is 3.03. The van der Waals surface area contributed by atoms with Gasteiger partial charge in [-0.15, -0.1) is 0 Å². The number of β-amino-alcohol motifs (C(OH)–C–C–N with tert-alkyl or cyclic N) is 1. The fourth-order valence-corrected chi connectivity index (χ4v) is 9.51. The van der Waals surface area contributed by atoms with Crippen LogP contribution >= 0.6 is 21.6 Å². The minimum Gasteiger partial charge on any atom is -0.508 e. The van der Waals surface area contributed by atoms with Crippen molar-refractivity contribution in [1.29, 1.82) is 0 Å². The molecular weight excluding hydrogens is 757 g/mol. The van der Waals surface area contributed by atoms with Gasteiger partial charge in [-0.3, -0.25) is 4.79 Å². The zero-order chi connectivity index (χ0) is 39.2. The van der Waals surface area contributed by atoms with E-state index in [0.717, 1.165) is 17.7 Å². The van der Waals surface area contributed by atoms with Crippen molar-refractivity contribution in [3.8, 4) is 22.6 Å². The monoisotopic (exact) mass is 800 g/mol. The molecule has 8 unspecified atom stereocenters. The van der Waals surface area contributed by atoms with Crippen LogP contribution in [0.1, 0.15) is 30.4 Å². The number of phenols is 1. The van der Waals surface area contributed by atoms with Crippen molar-refractivity contribution in [2.75, 3.05) is 24.8 Å². The second-order valence-electron chi connectivity index (χ2n) is 14.2. The third kappa shape index (κ3) is 8.71. The van der Waals surface area contributed by atoms with Gasteiger partial charge in [0.25, 0.3) is 0 Å². The van der Waals surface area contributed by atoms with Gasteiger partial charge in [-0.2, -0.15) is 0 Å². The number of aliphatic hydroxyl groups is 2. The van der Waals surface area contributed by atoms with Crippen LogP contribution in [-0.4, -0.2) is 86.4 Å². The summed E-state index contributed by atoms with van der Waals surface area (Å²) in [6.07, 6.45) is 3.80. The minimum atomic E-state index is -2.08. The number of phenolic OH excluding ortho intramolecular Hbond substituents is 1. The molecule has 2 saturated heterocycles. The van der Waals surface area contributed by atoms with Crippen LogP contribution in [0, 0.1) is 11.8 Å². The zero-order valence-electron chi connectivity index (χ0n) is 30.5. The summed E-state index contributed by atoms with van der Waals surface area (Å²) in [5.74, 6) is -0.0224. The van der Waals surface area contributed by atoms with Gasteiger partial charge in [0, 0.05) is 30.8 Å². The van der Waals surface area contributed by atoms with E-state index in [1.807, 2.05) is 30.6 Å². The van der Waals surface area contributed by atoms with E-state index >= 15 is 0 Å². The van der Waals surface area contributed by atoms with Crippen LogP contribution in [0.3, 0.4) is 0 Å². The Labute approximate surface area is 331 Å². The Morgan fingerprint density at radius 1 is 1.09 bits per heavy atom. The van der Waals surface area contributed by atoms with Crippen molar-refractivity contribution < 1.29 is 43.8 Å². The van der Waals surface area contributed by atoms with Crippen LogP contribution in [0.15, 0.2) is 113 Å². The van der Waals surface area contributed by atoms with Crippen LogP contribution in [-0.2, 0) is 14.3 Å². The van der Waals surface area contributed by atoms with E-state index in [0.29, 0.717) is 17.7 Å². The average Bonchev–Trinajstić information content (AvgIpc) is 3.73. The summed E-state index contributed by atoms with van der Waals surface area (Å²) in [5, 5.41) is 47.3. The van der Waals surface area contributed by atoms with Crippen molar-refractivity contribution in [2.24, 2.45) is 11.8 Å². The molecule has 6 N–H and O–H groups in total. The number of aliphatic carboxylic acids is 1. The number of hydrogen-bond acceptors (Lipinski definition) is 12. The minimum absolute atomic E-state index is 0.0398. The maximum absolute atomic E-state index is 13.4. The van der Waals surface area contributed by atoms with E-state index in [1.54, 1.807) is 22.9 Å². The second-order valence-corrected chi connectivity index (χ2v) is 16.6. The number of fused-ring (bicyclic) bond motifs is 2. The number of carbonyl (C=O) groups is 1. The molecule has 7 rings (SSSR count). The van der Waals surface area contributed by atoms with E-state index in [1.165, 1.54) is 53.0 Å². The van der Waals surface area contributed by atoms with Crippen molar-refractivity contribution >= 4 is 44.6 Å². The summed E-state index contributed by atoms with van der Waals surface area (Å²) < 4.78 is 24.0. The Morgan fingerprint density at radius 3 is 2.64 bits per heavy atom. The molecule has 2 fully saturated rings. The molecule has 2 aliphatic rings. The molecule has 0 saturated carbocycles. The number of ether oxygens (including phenoxy) is 3. The predicted octanol–water partition coefficient (Wildman–Crippen LogP) is 6.24. The molecule has 56 heavy (non-hydrogen) atoms. The molecule has 3 aromatic carbocycles. The number of aromatic hydroxyl groups is 1. The first-order chi connectivity index (χ1) is 27.1. The first-order valence-corrected chi connectivity index (χ1v) is 20.8. The number of hydrogen-bond donors (Lipinski definition) is 6. The molecular formula is C42H44N2O10S2. The fourth-order valence-electron chi connectivity index (χ4n) is 7.45. The molecule has 5 aromatic rings. The van der Waals surface area contributed by atoms with Gasteiger partial charge in [-0.05, 0) is 77.7 Å². The summed E-state index contributed by atoms with van der Waals surface area (Å²) >= 11 is 0. The van der Waals surface area contributed by atoms with Gasteiger partial charge < -0.3 is 49.4 Å². The van der Waals surface area contributed by atoms with Crippen molar-refractivity contribution in [3.05, 3.63) is 125 Å². The summed E-state index contributed by atoms with van der Waals surface area (Å²) in [6.45, 7) is 2.51. The van der Waals surface area contributed by atoms with Gasteiger partial charge in [0.1, 0.15) is 41.5 Å². The quantitative estimate of drug-likeness (QED) is 0.0923. The first kappa shape index (κ1) is 39.7. The lowest BCUT2D eigenvalue weighted by molar-refractivity contribution is -0.316. The number of H-pyrrole nitrogens is 1. The Morgan fingerprint density at radius 2 is 1.89 bits per heavy atom. The van der Waals surface area contributed by atoms with E-state index in [4.69, 9.17) is 18.6 Å². The number of carboxylic acid groups (broad SMARTS) is 1. The summed E-state index contributed by atoms with van der Waals surface area (Å²) in [5.41, 5.74) is 0.926. The number of allylic oxidation sites excluding steroid dienone is 1. The molecule has 12 nitrogen and oxygen atoms in total. The van der Waals surface area contributed by atoms with Crippen LogP contribution in [0.5, 0.6) is 11.5 Å². The molecule has 0 spiro atoms. The van der Waals surface area contributed by atoms with Gasteiger partial charge in [-0.1, -0.05) is 83.1 Å². The van der Waals surface area contributed by atoms with E-state index in [9.17, 15) is 30.0 Å². The van der Waals surface area contributed by atoms with E-state index in [-0.39, 0.29) is 58.1 Å². The maximum atomic E-state index is 13.4. The van der Waals surface area contributed by atoms with Crippen LogP contribution in [0.4, 0.5) is 0 Å². The number of benzene rings is 3. The topological polar surface area (TPSA) is 184 Å². The third-order valence-corrected chi connectivity index (χ3v) is 12.6. The van der Waals surface area contributed by atoms with Gasteiger partial charge in [0.15, 0.2) is 17.1 Å². The molecule has 0 aliphatic carbocycles. The Bertz CT molecular complexity index is 2160. The lowest BCUT2D eigenvalue weighted by atomic mass is 9.78. The van der Waals surface area contributed by atoms with Crippen molar-refractivity contribution in [2.45, 2.75) is 49.5 Å². The highest BCUT2D eigenvalue weighted by Crippen LogP contribution is 2.41. The van der Waals surface area contributed by atoms with Gasteiger partial charge in [0.2, 0.25) is 6.29 Å². The van der Waals surface area contributed by atoms with Gasteiger partial charge in [0.05, 0.1) is 10.9 Å². The summed E-state index contributed by atoms with van der Waals surface area (Å²) in [6, 6.07) is 22.8. The molecule has 0 amide bonds. The zero-order valence-corrected chi connectivity index (χ0v) is 32.2. The van der Waals surface area contributed by atoms with Crippen LogP contribution in [0.25, 0.3) is 28.2 Å². The number of rotatable bonds is 9. The SMILES string of the molecule is CC(CC=Cc1ccccc1)C1CNCC2(O)C(Oc3ccc4c(=O)c(-c5ccc(O)cc5)coc4c3)OC(C(=O)O)C(O)C2OCSSCC1c1cc[nH]c1. The number of nitrogens with one attached hydrogen (secondary N) is 2. The predicted molar refractivity (Wildman–Crippen MR) is 216 cm³/mol. The maximum Gasteiger partial charge on any atom is 0.335 e. The molecule has 4 heterocycles. The Kier molecular flexibility index (Phi) is 12.6. The smallest absolute Gasteiger partial charge is 0.335 e. The number of aromatic nitrogens is 1. The average molecular weight is 801 g/mol. The highest BCUT2D eigenvalue weighted by molar-refractivity contribution is 8.76.